The number of anilines is 1. The first-order valence-electron chi connectivity index (χ1n) is 7.29. The van der Waals surface area contributed by atoms with Gasteiger partial charge in [-0.25, -0.2) is 8.42 Å². The Morgan fingerprint density at radius 2 is 2.10 bits per heavy atom. The van der Waals surface area contributed by atoms with Gasteiger partial charge in [-0.1, -0.05) is 25.1 Å². The number of nitrogens with zero attached hydrogens (tertiary/aromatic N) is 1. The molecule has 0 spiro atoms. The first kappa shape index (κ1) is 15.3. The maximum Gasteiger partial charge on any atom is 0.154 e. The van der Waals surface area contributed by atoms with Crippen LogP contribution in [0.2, 0.25) is 0 Å². The van der Waals surface area contributed by atoms with E-state index < -0.39 is 9.84 Å². The average Bonchev–Trinajstić information content (AvgIpc) is 2.39. The molecule has 1 atom stereocenters. The largest absolute Gasteiger partial charge is 0.367 e. The van der Waals surface area contributed by atoms with Gasteiger partial charge in [-0.3, -0.25) is 0 Å². The van der Waals surface area contributed by atoms with Gasteiger partial charge in [-0.2, -0.15) is 0 Å². The molecule has 0 radical (unpaired) electrons. The third kappa shape index (κ3) is 3.73. The predicted octanol–water partition coefficient (Wildman–Crippen LogP) is 1.81. The number of nitrogens with one attached hydrogen (secondary N) is 1. The van der Waals surface area contributed by atoms with E-state index in [0.29, 0.717) is 6.54 Å². The van der Waals surface area contributed by atoms with Gasteiger partial charge in [0, 0.05) is 24.8 Å². The monoisotopic (exact) mass is 296 g/mol. The molecule has 1 aromatic rings. The zero-order valence-electron chi connectivity index (χ0n) is 12.3. The van der Waals surface area contributed by atoms with Crippen molar-refractivity contribution >= 4 is 15.5 Å². The zero-order chi connectivity index (χ0) is 14.6. The van der Waals surface area contributed by atoms with Crippen LogP contribution >= 0.6 is 0 Å². The highest BCUT2D eigenvalue weighted by atomic mass is 32.2. The van der Waals surface area contributed by atoms with Crippen LogP contribution in [0.4, 0.5) is 5.69 Å². The van der Waals surface area contributed by atoms with Crippen LogP contribution in [-0.4, -0.2) is 39.1 Å². The quantitative estimate of drug-likeness (QED) is 0.842. The number of hydrogen-bond acceptors (Lipinski definition) is 4. The van der Waals surface area contributed by atoms with Crippen molar-refractivity contribution < 1.29 is 8.42 Å². The van der Waals surface area contributed by atoms with Gasteiger partial charge in [-0.05, 0) is 31.5 Å². The van der Waals surface area contributed by atoms with Crippen LogP contribution in [-0.2, 0) is 16.4 Å². The first-order chi connectivity index (χ1) is 9.53. The van der Waals surface area contributed by atoms with Crippen molar-refractivity contribution in [1.82, 2.24) is 5.32 Å². The van der Waals surface area contributed by atoms with Crippen molar-refractivity contribution in [3.05, 3.63) is 29.8 Å². The summed E-state index contributed by atoms with van der Waals surface area (Å²) < 4.78 is 23.4. The molecule has 1 aliphatic rings. The van der Waals surface area contributed by atoms with Crippen molar-refractivity contribution in [3.63, 3.8) is 0 Å². The normalized spacial score (nSPS) is 21.9. The van der Waals surface area contributed by atoms with E-state index in [-0.39, 0.29) is 17.5 Å². The summed E-state index contributed by atoms with van der Waals surface area (Å²) in [5, 5.41) is 3.42. The lowest BCUT2D eigenvalue weighted by atomic mass is 10.1. The molecule has 0 aromatic heterocycles. The third-order valence-electron chi connectivity index (χ3n) is 3.71. The number of sulfone groups is 1. The van der Waals surface area contributed by atoms with E-state index in [2.05, 4.69) is 29.3 Å². The Hall–Kier alpha value is -1.07. The molecule has 2 rings (SSSR count). The van der Waals surface area contributed by atoms with E-state index in [1.54, 1.807) is 0 Å². The van der Waals surface area contributed by atoms with Gasteiger partial charge in [0.15, 0.2) is 9.84 Å². The van der Waals surface area contributed by atoms with Gasteiger partial charge in [-0.15, -0.1) is 0 Å². The summed E-state index contributed by atoms with van der Waals surface area (Å²) in [7, 11) is -2.86. The molecule has 20 heavy (non-hydrogen) atoms. The van der Waals surface area contributed by atoms with E-state index in [4.69, 9.17) is 0 Å². The second-order valence-electron chi connectivity index (χ2n) is 5.46. The van der Waals surface area contributed by atoms with Gasteiger partial charge in [0.1, 0.15) is 0 Å². The molecule has 0 amide bonds. The molecule has 1 unspecified atom stereocenters. The smallest absolute Gasteiger partial charge is 0.154 e. The average molecular weight is 296 g/mol. The summed E-state index contributed by atoms with van der Waals surface area (Å²) in [6.45, 7) is 6.57. The van der Waals surface area contributed by atoms with Crippen LogP contribution in [0.3, 0.4) is 0 Å². The summed E-state index contributed by atoms with van der Waals surface area (Å²) in [5.74, 6) is 0.512. The lowest BCUT2D eigenvalue weighted by Crippen LogP contribution is -2.47. The Balaban J connectivity index is 2.16. The Labute approximate surface area is 122 Å². The molecule has 1 N–H and O–H groups in total. The second-order valence-corrected chi connectivity index (χ2v) is 7.69. The maximum absolute atomic E-state index is 11.7. The van der Waals surface area contributed by atoms with E-state index in [1.165, 1.54) is 11.3 Å². The molecule has 0 aliphatic carbocycles. The van der Waals surface area contributed by atoms with Gasteiger partial charge in [0.05, 0.1) is 11.5 Å². The molecular weight excluding hydrogens is 272 g/mol. The summed E-state index contributed by atoms with van der Waals surface area (Å²) in [6.07, 6.45) is 1.11. The minimum Gasteiger partial charge on any atom is -0.367 e. The van der Waals surface area contributed by atoms with Crippen molar-refractivity contribution in [1.29, 1.82) is 0 Å². The molecular formula is C15H24N2O2S. The molecule has 1 aromatic carbocycles. The number of para-hydroxylation sites is 1. The highest BCUT2D eigenvalue weighted by molar-refractivity contribution is 7.91. The van der Waals surface area contributed by atoms with Crippen LogP contribution in [0.5, 0.6) is 0 Å². The molecule has 0 saturated carbocycles. The van der Waals surface area contributed by atoms with Crippen LogP contribution in [0, 0.1) is 0 Å². The summed E-state index contributed by atoms with van der Waals surface area (Å²) in [6, 6.07) is 8.32. The van der Waals surface area contributed by atoms with Crippen molar-refractivity contribution in [3.8, 4) is 0 Å². The molecule has 1 fully saturated rings. The van der Waals surface area contributed by atoms with Crippen LogP contribution < -0.4 is 10.2 Å². The SMILES string of the molecule is CCCNCc1ccccc1N1CCS(=O)(=O)CC1C. The van der Waals surface area contributed by atoms with E-state index in [9.17, 15) is 8.42 Å². The fraction of sp³-hybridized carbons (Fsp3) is 0.600. The molecule has 4 nitrogen and oxygen atoms in total. The molecule has 112 valence electrons. The highest BCUT2D eigenvalue weighted by Gasteiger charge is 2.29. The van der Waals surface area contributed by atoms with E-state index in [1.807, 2.05) is 19.1 Å². The second kappa shape index (κ2) is 6.59. The maximum atomic E-state index is 11.7. The summed E-state index contributed by atoms with van der Waals surface area (Å²) >= 11 is 0. The number of benzene rings is 1. The summed E-state index contributed by atoms with van der Waals surface area (Å²) in [5.41, 5.74) is 2.41. The predicted molar refractivity (Wildman–Crippen MR) is 83.9 cm³/mol. The van der Waals surface area contributed by atoms with Crippen molar-refractivity contribution in [2.75, 3.05) is 29.5 Å². The zero-order valence-corrected chi connectivity index (χ0v) is 13.1. The van der Waals surface area contributed by atoms with Crippen LogP contribution in [0.25, 0.3) is 0 Å². The Morgan fingerprint density at radius 3 is 2.80 bits per heavy atom. The van der Waals surface area contributed by atoms with Crippen molar-refractivity contribution in [2.45, 2.75) is 32.9 Å². The first-order valence-corrected chi connectivity index (χ1v) is 9.11. The minimum atomic E-state index is -2.86. The molecule has 1 heterocycles. The van der Waals surface area contributed by atoms with Crippen LogP contribution in [0.15, 0.2) is 24.3 Å². The molecule has 0 bridgehead atoms. The third-order valence-corrected chi connectivity index (χ3v) is 5.51. The highest BCUT2D eigenvalue weighted by Crippen LogP contribution is 2.25. The Bertz CT molecular complexity index is 543. The minimum absolute atomic E-state index is 0.0427. The topological polar surface area (TPSA) is 49.4 Å². The van der Waals surface area contributed by atoms with Gasteiger partial charge in [0.25, 0.3) is 0 Å². The van der Waals surface area contributed by atoms with E-state index >= 15 is 0 Å². The Morgan fingerprint density at radius 1 is 1.35 bits per heavy atom. The lowest BCUT2D eigenvalue weighted by molar-refractivity contribution is 0.567. The van der Waals surface area contributed by atoms with Gasteiger partial charge in [0.2, 0.25) is 0 Å². The van der Waals surface area contributed by atoms with E-state index in [0.717, 1.165) is 19.5 Å². The molecule has 5 heteroatoms. The fourth-order valence-electron chi connectivity index (χ4n) is 2.70. The molecule has 1 saturated heterocycles. The summed E-state index contributed by atoms with van der Waals surface area (Å²) in [4.78, 5) is 2.23. The standard InChI is InChI=1S/C15H24N2O2S/c1-3-8-16-11-14-6-4-5-7-15(14)17-9-10-20(18,19)12-13(17)2/h4-7,13,16H,3,8-12H2,1-2H3. The number of hydrogen-bond donors (Lipinski definition) is 1. The van der Waals surface area contributed by atoms with Crippen LogP contribution in [0.1, 0.15) is 25.8 Å². The lowest BCUT2D eigenvalue weighted by Gasteiger charge is -2.36. The number of rotatable bonds is 5. The Kier molecular flexibility index (Phi) is 5.05. The van der Waals surface area contributed by atoms with Gasteiger partial charge >= 0.3 is 0 Å². The fourth-order valence-corrected chi connectivity index (χ4v) is 4.25. The van der Waals surface area contributed by atoms with Crippen molar-refractivity contribution in [2.24, 2.45) is 0 Å². The molecule has 1 aliphatic heterocycles. The van der Waals surface area contributed by atoms with Gasteiger partial charge < -0.3 is 10.2 Å².